The number of nitrogens with zero attached hydrogens (tertiary/aromatic N) is 1. The molecule has 0 aliphatic heterocycles. The second-order valence-corrected chi connectivity index (χ2v) is 7.18. The summed E-state index contributed by atoms with van der Waals surface area (Å²) >= 11 is 3.50. The Morgan fingerprint density at radius 1 is 1.33 bits per heavy atom. The summed E-state index contributed by atoms with van der Waals surface area (Å²) in [7, 11) is 0. The average molecular weight is 351 g/mol. The van der Waals surface area contributed by atoms with Crippen LogP contribution >= 0.6 is 15.9 Å². The van der Waals surface area contributed by atoms with E-state index in [1.165, 1.54) is 12.8 Å². The van der Waals surface area contributed by atoms with E-state index in [1.54, 1.807) is 0 Å². The third kappa shape index (κ3) is 4.30. The molecular weight excluding hydrogens is 328 g/mol. The molecule has 1 fully saturated rings. The lowest BCUT2D eigenvalue weighted by Crippen LogP contribution is -2.22. The van der Waals surface area contributed by atoms with Crippen molar-refractivity contribution in [1.29, 1.82) is 0 Å². The Bertz CT molecular complexity index is 514. The van der Waals surface area contributed by atoms with Gasteiger partial charge in [-0.25, -0.2) is 4.98 Å². The van der Waals surface area contributed by atoms with Crippen LogP contribution in [0.5, 0.6) is 5.88 Å². The van der Waals surface area contributed by atoms with Gasteiger partial charge in [0, 0.05) is 28.8 Å². The van der Waals surface area contributed by atoms with Crippen LogP contribution in [-0.2, 0) is 6.54 Å². The van der Waals surface area contributed by atoms with Crippen molar-refractivity contribution < 1.29 is 4.74 Å². The Labute approximate surface area is 135 Å². The van der Waals surface area contributed by atoms with E-state index in [1.807, 2.05) is 6.20 Å². The number of rotatable bonds is 6. The highest BCUT2D eigenvalue weighted by Gasteiger charge is 2.22. The molecule has 0 aromatic carbocycles. The Kier molecular flexibility index (Phi) is 4.96. The van der Waals surface area contributed by atoms with E-state index >= 15 is 0 Å². The van der Waals surface area contributed by atoms with Crippen LogP contribution < -0.4 is 10.1 Å². The molecule has 1 saturated carbocycles. The first kappa shape index (κ1) is 15.0. The maximum Gasteiger partial charge on any atom is 0.217 e. The molecule has 1 N–H and O–H groups in total. The van der Waals surface area contributed by atoms with Crippen LogP contribution in [0.15, 0.2) is 28.9 Å². The summed E-state index contributed by atoms with van der Waals surface area (Å²) in [4.78, 5) is 4.46. The lowest BCUT2D eigenvalue weighted by Gasteiger charge is -2.25. The van der Waals surface area contributed by atoms with Crippen molar-refractivity contribution in [2.45, 2.75) is 45.2 Å². The molecular formula is C17H23BrN2O. The topological polar surface area (TPSA) is 34.1 Å². The Balaban J connectivity index is 1.61. The quantitative estimate of drug-likeness (QED) is 0.785. The molecule has 114 valence electrons. The van der Waals surface area contributed by atoms with Crippen molar-refractivity contribution >= 4 is 15.9 Å². The number of halogens is 1. The van der Waals surface area contributed by atoms with Gasteiger partial charge in [0.1, 0.15) is 0 Å². The number of aromatic nitrogens is 1. The second kappa shape index (κ2) is 6.93. The van der Waals surface area contributed by atoms with Crippen molar-refractivity contribution in [2.75, 3.05) is 6.61 Å². The minimum Gasteiger partial charge on any atom is -0.477 e. The van der Waals surface area contributed by atoms with Crippen LogP contribution in [0.1, 0.15) is 38.2 Å². The highest BCUT2D eigenvalue weighted by Crippen LogP contribution is 2.27. The van der Waals surface area contributed by atoms with E-state index < -0.39 is 0 Å². The van der Waals surface area contributed by atoms with Crippen LogP contribution in [0.4, 0.5) is 0 Å². The van der Waals surface area contributed by atoms with Crippen LogP contribution in [0, 0.1) is 11.8 Å². The summed E-state index contributed by atoms with van der Waals surface area (Å²) < 4.78 is 7.06. The normalized spacial score (nSPS) is 25.0. The third-order valence-corrected chi connectivity index (χ3v) is 4.84. The maximum atomic E-state index is 6.05. The highest BCUT2D eigenvalue weighted by molar-refractivity contribution is 9.10. The monoisotopic (exact) mass is 350 g/mol. The number of ether oxygens (including phenoxy) is 1. The minimum absolute atomic E-state index is 0.602. The molecule has 0 spiro atoms. The van der Waals surface area contributed by atoms with Gasteiger partial charge < -0.3 is 10.1 Å². The highest BCUT2D eigenvalue weighted by atomic mass is 79.9. The summed E-state index contributed by atoms with van der Waals surface area (Å²) in [6.07, 6.45) is 11.3. The molecule has 0 saturated heterocycles. The Hall–Kier alpha value is -0.870. The van der Waals surface area contributed by atoms with Gasteiger partial charge >= 0.3 is 0 Å². The molecule has 21 heavy (non-hydrogen) atoms. The van der Waals surface area contributed by atoms with Crippen molar-refractivity contribution in [1.82, 2.24) is 10.3 Å². The summed E-state index contributed by atoms with van der Waals surface area (Å²) in [5, 5.41) is 3.54. The number of allylic oxidation sites excluding steroid dienone is 2. The van der Waals surface area contributed by atoms with E-state index in [-0.39, 0.29) is 0 Å². The molecule has 2 aliphatic carbocycles. The number of pyridine rings is 1. The van der Waals surface area contributed by atoms with Gasteiger partial charge in [-0.05, 0) is 59.5 Å². The van der Waals surface area contributed by atoms with E-state index in [2.05, 4.69) is 51.4 Å². The van der Waals surface area contributed by atoms with Gasteiger partial charge in [0.2, 0.25) is 5.88 Å². The molecule has 1 aromatic heterocycles. The zero-order valence-electron chi connectivity index (χ0n) is 12.5. The average Bonchev–Trinajstić information content (AvgIpc) is 3.30. The second-order valence-electron chi connectivity index (χ2n) is 6.26. The van der Waals surface area contributed by atoms with E-state index in [9.17, 15) is 0 Å². The largest absolute Gasteiger partial charge is 0.477 e. The molecule has 1 heterocycles. The van der Waals surface area contributed by atoms with Gasteiger partial charge in [-0.2, -0.15) is 0 Å². The first-order chi connectivity index (χ1) is 10.2. The van der Waals surface area contributed by atoms with Gasteiger partial charge in [0.25, 0.3) is 0 Å². The fraction of sp³-hybridized carbons (Fsp3) is 0.588. The standard InChI is InChI=1S/C17H23BrN2O/c1-12-4-2-3-5-13(12)11-21-17-14(8-15(18)10-20-17)9-19-16-6-7-16/h2-3,8,10,12-13,16,19H,4-7,9,11H2,1H3. The molecule has 3 rings (SSSR count). The molecule has 0 amide bonds. The van der Waals surface area contributed by atoms with Crippen LogP contribution in [0.3, 0.4) is 0 Å². The molecule has 1 aromatic rings. The first-order valence-corrected chi connectivity index (χ1v) is 8.67. The molecule has 0 bridgehead atoms. The maximum absolute atomic E-state index is 6.05. The predicted molar refractivity (Wildman–Crippen MR) is 88.3 cm³/mol. The van der Waals surface area contributed by atoms with Crippen LogP contribution in [0.2, 0.25) is 0 Å². The van der Waals surface area contributed by atoms with Gasteiger partial charge in [-0.15, -0.1) is 0 Å². The van der Waals surface area contributed by atoms with Gasteiger partial charge in [-0.1, -0.05) is 19.1 Å². The molecule has 2 unspecified atom stereocenters. The first-order valence-electron chi connectivity index (χ1n) is 7.88. The SMILES string of the molecule is CC1CC=CCC1COc1ncc(Br)cc1CNC1CC1. The molecule has 2 atom stereocenters. The Morgan fingerprint density at radius 3 is 2.90 bits per heavy atom. The molecule has 0 radical (unpaired) electrons. The lowest BCUT2D eigenvalue weighted by atomic mass is 9.85. The number of nitrogens with one attached hydrogen (secondary N) is 1. The summed E-state index contributed by atoms with van der Waals surface area (Å²) in [6, 6.07) is 2.81. The fourth-order valence-electron chi connectivity index (χ4n) is 2.69. The van der Waals surface area contributed by atoms with Crippen molar-refractivity contribution in [3.05, 3.63) is 34.5 Å². The van der Waals surface area contributed by atoms with Crippen LogP contribution in [-0.4, -0.2) is 17.6 Å². The smallest absolute Gasteiger partial charge is 0.217 e. The zero-order valence-corrected chi connectivity index (χ0v) is 14.1. The zero-order chi connectivity index (χ0) is 14.7. The predicted octanol–water partition coefficient (Wildman–Crippen LogP) is 4.08. The van der Waals surface area contributed by atoms with Crippen molar-refractivity contribution in [3.63, 3.8) is 0 Å². The summed E-state index contributed by atoms with van der Waals surface area (Å²) in [5.41, 5.74) is 1.15. The molecule has 4 heteroatoms. The summed E-state index contributed by atoms with van der Waals surface area (Å²) in [5.74, 6) is 2.08. The summed E-state index contributed by atoms with van der Waals surface area (Å²) in [6.45, 7) is 3.91. The van der Waals surface area contributed by atoms with E-state index in [4.69, 9.17) is 4.74 Å². The fourth-order valence-corrected chi connectivity index (χ4v) is 3.07. The van der Waals surface area contributed by atoms with Crippen molar-refractivity contribution in [3.8, 4) is 5.88 Å². The van der Waals surface area contributed by atoms with Gasteiger partial charge in [-0.3, -0.25) is 0 Å². The van der Waals surface area contributed by atoms with Gasteiger partial charge in [0.15, 0.2) is 0 Å². The Morgan fingerprint density at radius 2 is 2.14 bits per heavy atom. The van der Waals surface area contributed by atoms with Crippen LogP contribution in [0.25, 0.3) is 0 Å². The van der Waals surface area contributed by atoms with Gasteiger partial charge in [0.05, 0.1) is 6.61 Å². The molecule has 2 aliphatic rings. The number of hydrogen-bond donors (Lipinski definition) is 1. The minimum atomic E-state index is 0.602. The molecule has 3 nitrogen and oxygen atoms in total. The number of hydrogen-bond acceptors (Lipinski definition) is 3. The lowest BCUT2D eigenvalue weighted by molar-refractivity contribution is 0.191. The van der Waals surface area contributed by atoms with E-state index in [0.29, 0.717) is 17.9 Å². The van der Waals surface area contributed by atoms with Crippen molar-refractivity contribution in [2.24, 2.45) is 11.8 Å². The van der Waals surface area contributed by atoms with E-state index in [0.717, 1.165) is 41.9 Å². The third-order valence-electron chi connectivity index (χ3n) is 4.40.